The van der Waals surface area contributed by atoms with E-state index in [1.165, 1.54) is 0 Å². The van der Waals surface area contributed by atoms with Crippen LogP contribution < -0.4 is 0 Å². The number of amides is 1. The molecule has 0 aliphatic carbocycles. The molecule has 1 N–H and O–H groups in total. The fourth-order valence-corrected chi connectivity index (χ4v) is 2.93. The number of carbonyl (C=O) groups is 2. The summed E-state index contributed by atoms with van der Waals surface area (Å²) in [6.07, 6.45) is 1.67. The van der Waals surface area contributed by atoms with Gasteiger partial charge in [-0.25, -0.2) is 4.98 Å². The van der Waals surface area contributed by atoms with Crippen LogP contribution in [0, 0.1) is 5.92 Å². The predicted octanol–water partition coefficient (Wildman–Crippen LogP) is 2.56. The number of carbonyl (C=O) groups excluding carboxylic acids is 1. The molecule has 2 aromatic rings. The Bertz CT molecular complexity index is 706. The maximum Gasteiger partial charge on any atom is 0.303 e. The average Bonchev–Trinajstić information content (AvgIpc) is 2.54. The number of carboxylic acid groups (broad SMARTS) is 1. The van der Waals surface area contributed by atoms with Gasteiger partial charge in [-0.1, -0.05) is 24.3 Å². The second-order valence-electron chi connectivity index (χ2n) is 5.72. The number of nitrogens with zero attached hydrogens (tertiary/aromatic N) is 2. The number of fused-ring (bicyclic) bond motifs is 1. The SMILES string of the molecule is O=C(O)CC1CCN(C(=O)c2ccc3ccccc3n2)CC1. The van der Waals surface area contributed by atoms with E-state index in [4.69, 9.17) is 5.11 Å². The number of hydrogen-bond donors (Lipinski definition) is 1. The minimum atomic E-state index is -0.763. The molecular formula is C17H18N2O3. The van der Waals surface area contributed by atoms with Gasteiger partial charge in [-0.05, 0) is 30.9 Å². The van der Waals surface area contributed by atoms with Crippen molar-refractivity contribution in [3.63, 3.8) is 0 Å². The van der Waals surface area contributed by atoms with Crippen LogP contribution >= 0.6 is 0 Å². The van der Waals surface area contributed by atoms with Gasteiger partial charge >= 0.3 is 5.97 Å². The number of hydrogen-bond acceptors (Lipinski definition) is 3. The number of aliphatic carboxylic acids is 1. The fourth-order valence-electron chi connectivity index (χ4n) is 2.93. The summed E-state index contributed by atoms with van der Waals surface area (Å²) in [6, 6.07) is 11.4. The molecule has 3 rings (SSSR count). The highest BCUT2D eigenvalue weighted by Crippen LogP contribution is 2.22. The topological polar surface area (TPSA) is 70.5 Å². The molecule has 0 spiro atoms. The van der Waals surface area contributed by atoms with Crippen LogP contribution in [0.25, 0.3) is 10.9 Å². The second kappa shape index (κ2) is 6.13. The first-order chi connectivity index (χ1) is 10.6. The Morgan fingerprint density at radius 2 is 1.86 bits per heavy atom. The summed E-state index contributed by atoms with van der Waals surface area (Å²) in [5, 5.41) is 9.84. The van der Waals surface area contributed by atoms with Gasteiger partial charge in [0.05, 0.1) is 5.52 Å². The van der Waals surface area contributed by atoms with Crippen molar-refractivity contribution in [2.24, 2.45) is 5.92 Å². The summed E-state index contributed by atoms with van der Waals surface area (Å²) in [7, 11) is 0. The molecule has 114 valence electrons. The van der Waals surface area contributed by atoms with Crippen molar-refractivity contribution in [1.29, 1.82) is 0 Å². The molecule has 0 bridgehead atoms. The van der Waals surface area contributed by atoms with E-state index in [0.717, 1.165) is 23.7 Å². The van der Waals surface area contributed by atoms with Crippen molar-refractivity contribution in [3.05, 3.63) is 42.1 Å². The Balaban J connectivity index is 1.69. The largest absolute Gasteiger partial charge is 0.481 e. The first-order valence-electron chi connectivity index (χ1n) is 7.50. The van der Waals surface area contributed by atoms with E-state index in [9.17, 15) is 9.59 Å². The number of likely N-dealkylation sites (tertiary alicyclic amines) is 1. The van der Waals surface area contributed by atoms with Crippen molar-refractivity contribution in [2.75, 3.05) is 13.1 Å². The van der Waals surface area contributed by atoms with Gasteiger partial charge < -0.3 is 10.0 Å². The van der Waals surface area contributed by atoms with Crippen molar-refractivity contribution in [1.82, 2.24) is 9.88 Å². The Morgan fingerprint density at radius 1 is 1.14 bits per heavy atom. The quantitative estimate of drug-likeness (QED) is 0.945. The molecule has 1 aliphatic heterocycles. The summed E-state index contributed by atoms with van der Waals surface area (Å²) >= 11 is 0. The molecule has 5 heteroatoms. The highest BCUT2D eigenvalue weighted by molar-refractivity contribution is 5.95. The van der Waals surface area contributed by atoms with E-state index >= 15 is 0 Å². The molecule has 1 aromatic carbocycles. The van der Waals surface area contributed by atoms with E-state index < -0.39 is 5.97 Å². The minimum Gasteiger partial charge on any atom is -0.481 e. The van der Waals surface area contributed by atoms with Crippen LogP contribution in [0.5, 0.6) is 0 Å². The maximum absolute atomic E-state index is 12.5. The van der Waals surface area contributed by atoms with Gasteiger partial charge in [0.2, 0.25) is 0 Å². The monoisotopic (exact) mass is 298 g/mol. The first-order valence-corrected chi connectivity index (χ1v) is 7.50. The van der Waals surface area contributed by atoms with E-state index in [0.29, 0.717) is 18.8 Å². The predicted molar refractivity (Wildman–Crippen MR) is 82.6 cm³/mol. The lowest BCUT2D eigenvalue weighted by Crippen LogP contribution is -2.39. The normalized spacial score (nSPS) is 15.9. The standard InChI is InChI=1S/C17H18N2O3/c20-16(21)11-12-7-9-19(10-8-12)17(22)15-6-5-13-3-1-2-4-14(13)18-15/h1-6,12H,7-11H2,(H,20,21). The van der Waals surface area contributed by atoms with Crippen LogP contribution in [-0.2, 0) is 4.79 Å². The van der Waals surface area contributed by atoms with E-state index in [1.54, 1.807) is 11.0 Å². The zero-order chi connectivity index (χ0) is 15.5. The molecule has 1 aliphatic rings. The number of para-hydroxylation sites is 1. The number of pyridine rings is 1. The molecule has 0 atom stereocenters. The van der Waals surface area contributed by atoms with E-state index in [2.05, 4.69) is 4.98 Å². The van der Waals surface area contributed by atoms with Gasteiger partial charge in [0.15, 0.2) is 0 Å². The van der Waals surface area contributed by atoms with Gasteiger partial charge in [-0.3, -0.25) is 9.59 Å². The number of piperidine rings is 1. The maximum atomic E-state index is 12.5. The van der Waals surface area contributed by atoms with Gasteiger partial charge in [-0.2, -0.15) is 0 Å². The van der Waals surface area contributed by atoms with Gasteiger partial charge in [0, 0.05) is 24.9 Å². The Hall–Kier alpha value is -2.43. The molecule has 0 radical (unpaired) electrons. The van der Waals surface area contributed by atoms with Crippen molar-refractivity contribution in [2.45, 2.75) is 19.3 Å². The van der Waals surface area contributed by atoms with Gasteiger partial charge in [-0.15, -0.1) is 0 Å². The third kappa shape index (κ3) is 3.08. The molecule has 0 saturated carbocycles. The lowest BCUT2D eigenvalue weighted by Gasteiger charge is -2.31. The number of benzene rings is 1. The molecule has 1 fully saturated rings. The molecule has 1 saturated heterocycles. The fraction of sp³-hybridized carbons (Fsp3) is 0.353. The average molecular weight is 298 g/mol. The molecule has 0 unspecified atom stereocenters. The van der Waals surface area contributed by atoms with Crippen LogP contribution in [0.4, 0.5) is 0 Å². The summed E-state index contributed by atoms with van der Waals surface area (Å²) in [6.45, 7) is 1.20. The van der Waals surface area contributed by atoms with E-state index in [1.807, 2.05) is 30.3 Å². The van der Waals surface area contributed by atoms with Crippen LogP contribution in [0.3, 0.4) is 0 Å². The van der Waals surface area contributed by atoms with Crippen LogP contribution in [0.2, 0.25) is 0 Å². The molecule has 22 heavy (non-hydrogen) atoms. The molecular weight excluding hydrogens is 280 g/mol. The molecule has 5 nitrogen and oxygen atoms in total. The molecule has 1 amide bonds. The van der Waals surface area contributed by atoms with Gasteiger partial charge in [0.25, 0.3) is 5.91 Å². The number of aromatic nitrogens is 1. The highest BCUT2D eigenvalue weighted by Gasteiger charge is 2.25. The number of carboxylic acids is 1. The van der Waals surface area contributed by atoms with Crippen LogP contribution in [0.15, 0.2) is 36.4 Å². The minimum absolute atomic E-state index is 0.0699. The summed E-state index contributed by atoms with van der Waals surface area (Å²) in [5.74, 6) is -0.661. The summed E-state index contributed by atoms with van der Waals surface area (Å²) in [5.41, 5.74) is 1.27. The summed E-state index contributed by atoms with van der Waals surface area (Å²) < 4.78 is 0. The first kappa shape index (κ1) is 14.5. The smallest absolute Gasteiger partial charge is 0.303 e. The van der Waals surface area contributed by atoms with Gasteiger partial charge in [0.1, 0.15) is 5.69 Å². The zero-order valence-corrected chi connectivity index (χ0v) is 12.2. The molecule has 2 heterocycles. The third-order valence-corrected chi connectivity index (χ3v) is 4.18. The van der Waals surface area contributed by atoms with Crippen molar-refractivity contribution >= 4 is 22.8 Å². The van der Waals surface area contributed by atoms with Crippen LogP contribution in [-0.4, -0.2) is 40.0 Å². The van der Waals surface area contributed by atoms with Crippen LogP contribution in [0.1, 0.15) is 29.8 Å². The second-order valence-corrected chi connectivity index (χ2v) is 5.72. The Kier molecular flexibility index (Phi) is 4.04. The lowest BCUT2D eigenvalue weighted by molar-refractivity contribution is -0.138. The van der Waals surface area contributed by atoms with Crippen molar-refractivity contribution in [3.8, 4) is 0 Å². The zero-order valence-electron chi connectivity index (χ0n) is 12.2. The lowest BCUT2D eigenvalue weighted by atomic mass is 9.93. The molecule has 1 aromatic heterocycles. The highest BCUT2D eigenvalue weighted by atomic mass is 16.4. The van der Waals surface area contributed by atoms with Crippen molar-refractivity contribution < 1.29 is 14.7 Å². The Labute approximate surface area is 128 Å². The van der Waals surface area contributed by atoms with E-state index in [-0.39, 0.29) is 18.2 Å². The third-order valence-electron chi connectivity index (χ3n) is 4.18. The number of rotatable bonds is 3. The summed E-state index contributed by atoms with van der Waals surface area (Å²) in [4.78, 5) is 29.5. The Morgan fingerprint density at radius 3 is 2.59 bits per heavy atom.